The molecule has 0 spiro atoms. The predicted octanol–water partition coefficient (Wildman–Crippen LogP) is 2.62. The second-order valence-electron chi connectivity index (χ2n) is 2.16. The van der Waals surface area contributed by atoms with Gasteiger partial charge in [0.05, 0.1) is 0 Å². The molecule has 0 unspecified atom stereocenters. The number of rotatable bonds is 3. The molecule has 12 heavy (non-hydrogen) atoms. The van der Waals surface area contributed by atoms with Crippen LogP contribution in [0.25, 0.3) is 0 Å². The van der Waals surface area contributed by atoms with Crippen LogP contribution in [0, 0.1) is 0 Å². The third-order valence-corrected chi connectivity index (χ3v) is 1.93. The van der Waals surface area contributed by atoms with Gasteiger partial charge in [-0.1, -0.05) is 13.0 Å². The topological polar surface area (TPSA) is 26.3 Å². The van der Waals surface area contributed by atoms with Crippen LogP contribution in [0.15, 0.2) is 29.7 Å². The van der Waals surface area contributed by atoms with Gasteiger partial charge in [0, 0.05) is 6.08 Å². The van der Waals surface area contributed by atoms with Gasteiger partial charge in [-0.15, -0.1) is 11.3 Å². The van der Waals surface area contributed by atoms with Gasteiger partial charge in [0.25, 0.3) is 0 Å². The number of allylic oxidation sites excluding steroid dienone is 1. The highest BCUT2D eigenvalue weighted by atomic mass is 32.1. The standard InChI is InChI=1S/C9H10O2S/c1-2-3-5-8(10)11-9-6-4-7-12-9/h3-7H,2H2,1H3. The van der Waals surface area contributed by atoms with Crippen molar-refractivity contribution in [3.8, 4) is 5.06 Å². The van der Waals surface area contributed by atoms with Gasteiger partial charge in [-0.3, -0.25) is 0 Å². The quantitative estimate of drug-likeness (QED) is 0.530. The van der Waals surface area contributed by atoms with Gasteiger partial charge in [0.1, 0.15) is 0 Å². The summed E-state index contributed by atoms with van der Waals surface area (Å²) in [6, 6.07) is 3.61. The van der Waals surface area contributed by atoms with E-state index in [1.54, 1.807) is 12.1 Å². The molecule has 0 aliphatic heterocycles. The van der Waals surface area contributed by atoms with Gasteiger partial charge in [0.15, 0.2) is 5.06 Å². The van der Waals surface area contributed by atoms with Gasteiger partial charge in [-0.25, -0.2) is 4.79 Å². The first kappa shape index (κ1) is 9.00. The first-order valence-electron chi connectivity index (χ1n) is 3.74. The maximum absolute atomic E-state index is 11.0. The number of esters is 1. The molecule has 1 aromatic heterocycles. The maximum atomic E-state index is 11.0. The average molecular weight is 182 g/mol. The van der Waals surface area contributed by atoms with E-state index in [-0.39, 0.29) is 5.97 Å². The first-order valence-corrected chi connectivity index (χ1v) is 4.62. The third kappa shape index (κ3) is 2.88. The predicted molar refractivity (Wildman–Crippen MR) is 49.4 cm³/mol. The van der Waals surface area contributed by atoms with Crippen molar-refractivity contribution in [1.29, 1.82) is 0 Å². The molecule has 1 heterocycles. The third-order valence-electron chi connectivity index (χ3n) is 1.19. The van der Waals surface area contributed by atoms with Crippen molar-refractivity contribution in [2.45, 2.75) is 13.3 Å². The van der Waals surface area contributed by atoms with Crippen LogP contribution in [-0.4, -0.2) is 5.97 Å². The summed E-state index contributed by atoms with van der Waals surface area (Å²) in [6.45, 7) is 1.97. The molecule has 0 radical (unpaired) electrons. The van der Waals surface area contributed by atoms with Crippen molar-refractivity contribution in [1.82, 2.24) is 0 Å². The smallest absolute Gasteiger partial charge is 0.336 e. The number of thiophene rings is 1. The summed E-state index contributed by atoms with van der Waals surface area (Å²) in [5.74, 6) is -0.306. The fraction of sp³-hybridized carbons (Fsp3) is 0.222. The molecule has 0 atom stereocenters. The fourth-order valence-corrected chi connectivity index (χ4v) is 1.25. The Bertz CT molecular complexity index is 262. The lowest BCUT2D eigenvalue weighted by Gasteiger charge is -1.94. The Morgan fingerprint density at radius 3 is 3.17 bits per heavy atom. The summed E-state index contributed by atoms with van der Waals surface area (Å²) < 4.78 is 4.95. The van der Waals surface area contributed by atoms with Gasteiger partial charge >= 0.3 is 5.97 Å². The van der Waals surface area contributed by atoms with Crippen molar-refractivity contribution in [2.75, 3.05) is 0 Å². The molecule has 1 aromatic rings. The number of ether oxygens (including phenoxy) is 1. The summed E-state index contributed by atoms with van der Waals surface area (Å²) >= 11 is 1.41. The summed E-state index contributed by atoms with van der Waals surface area (Å²) in [5.41, 5.74) is 0. The van der Waals surface area contributed by atoms with Crippen molar-refractivity contribution in [3.05, 3.63) is 29.7 Å². The molecule has 0 aromatic carbocycles. The fourth-order valence-electron chi connectivity index (χ4n) is 0.669. The summed E-state index contributed by atoms with van der Waals surface area (Å²) in [5, 5.41) is 2.51. The lowest BCUT2D eigenvalue weighted by molar-refractivity contribution is -0.128. The molecule has 0 aliphatic rings. The SMILES string of the molecule is CCC=CC(=O)Oc1cccs1. The largest absolute Gasteiger partial charge is 0.412 e. The average Bonchev–Trinajstić information content (AvgIpc) is 2.53. The summed E-state index contributed by atoms with van der Waals surface area (Å²) in [4.78, 5) is 11.0. The second-order valence-corrected chi connectivity index (χ2v) is 3.07. The van der Waals surface area contributed by atoms with Crippen molar-refractivity contribution in [2.24, 2.45) is 0 Å². The van der Waals surface area contributed by atoms with E-state index < -0.39 is 0 Å². The molecule has 1 rings (SSSR count). The molecular formula is C9H10O2S. The zero-order chi connectivity index (χ0) is 8.81. The van der Waals surface area contributed by atoms with E-state index >= 15 is 0 Å². The summed E-state index contributed by atoms with van der Waals surface area (Å²) in [7, 11) is 0. The Kier molecular flexibility index (Phi) is 3.54. The number of hydrogen-bond donors (Lipinski definition) is 0. The lowest BCUT2D eigenvalue weighted by atomic mass is 10.4. The highest BCUT2D eigenvalue weighted by molar-refractivity contribution is 7.11. The molecule has 0 fully saturated rings. The molecule has 0 N–H and O–H groups in total. The Morgan fingerprint density at radius 1 is 1.75 bits per heavy atom. The number of hydrogen-bond acceptors (Lipinski definition) is 3. The van der Waals surface area contributed by atoms with E-state index in [2.05, 4.69) is 0 Å². The molecule has 0 bridgehead atoms. The van der Waals surface area contributed by atoms with E-state index in [1.807, 2.05) is 18.4 Å². The van der Waals surface area contributed by atoms with Crippen molar-refractivity contribution < 1.29 is 9.53 Å². The van der Waals surface area contributed by atoms with E-state index in [1.165, 1.54) is 17.4 Å². The highest BCUT2D eigenvalue weighted by Crippen LogP contribution is 2.18. The molecule has 0 saturated carbocycles. The monoisotopic (exact) mass is 182 g/mol. The van der Waals surface area contributed by atoms with Crippen LogP contribution < -0.4 is 4.74 Å². The van der Waals surface area contributed by atoms with Crippen LogP contribution >= 0.6 is 11.3 Å². The molecule has 0 saturated heterocycles. The van der Waals surface area contributed by atoms with Crippen LogP contribution in [0.1, 0.15) is 13.3 Å². The Hall–Kier alpha value is -1.09. The molecule has 3 heteroatoms. The maximum Gasteiger partial charge on any atom is 0.336 e. The van der Waals surface area contributed by atoms with Gasteiger partial charge in [-0.05, 0) is 23.9 Å². The molecular weight excluding hydrogens is 172 g/mol. The van der Waals surface area contributed by atoms with Crippen LogP contribution in [0.2, 0.25) is 0 Å². The van der Waals surface area contributed by atoms with Crippen LogP contribution in [0.5, 0.6) is 5.06 Å². The van der Waals surface area contributed by atoms with E-state index in [0.29, 0.717) is 5.06 Å². The van der Waals surface area contributed by atoms with Crippen molar-refractivity contribution >= 4 is 17.3 Å². The van der Waals surface area contributed by atoms with Crippen LogP contribution in [0.3, 0.4) is 0 Å². The zero-order valence-electron chi connectivity index (χ0n) is 6.82. The van der Waals surface area contributed by atoms with Gasteiger partial charge in [-0.2, -0.15) is 0 Å². The molecule has 0 amide bonds. The van der Waals surface area contributed by atoms with E-state index in [0.717, 1.165) is 6.42 Å². The van der Waals surface area contributed by atoms with Crippen molar-refractivity contribution in [3.63, 3.8) is 0 Å². The van der Waals surface area contributed by atoms with E-state index in [9.17, 15) is 4.79 Å². The number of carbonyl (C=O) groups excluding carboxylic acids is 1. The Labute approximate surface area is 75.5 Å². The molecule has 64 valence electrons. The molecule has 0 aliphatic carbocycles. The minimum atomic E-state index is -0.306. The first-order chi connectivity index (χ1) is 5.83. The van der Waals surface area contributed by atoms with Gasteiger partial charge in [0.2, 0.25) is 0 Å². The minimum Gasteiger partial charge on any atom is -0.412 e. The van der Waals surface area contributed by atoms with Gasteiger partial charge < -0.3 is 4.74 Å². The Morgan fingerprint density at radius 2 is 2.58 bits per heavy atom. The summed E-state index contributed by atoms with van der Waals surface area (Å²) in [6.07, 6.45) is 4.06. The van der Waals surface area contributed by atoms with Crippen LogP contribution in [-0.2, 0) is 4.79 Å². The normalized spacial score (nSPS) is 10.4. The lowest BCUT2D eigenvalue weighted by Crippen LogP contribution is -2.01. The second kappa shape index (κ2) is 4.72. The van der Waals surface area contributed by atoms with E-state index in [4.69, 9.17) is 4.74 Å². The highest BCUT2D eigenvalue weighted by Gasteiger charge is 1.98. The van der Waals surface area contributed by atoms with Crippen LogP contribution in [0.4, 0.5) is 0 Å². The zero-order valence-corrected chi connectivity index (χ0v) is 7.64. The number of carbonyl (C=O) groups is 1. The Balaban J connectivity index is 2.42. The molecule has 2 nitrogen and oxygen atoms in total. The minimum absolute atomic E-state index is 0.306.